The van der Waals surface area contributed by atoms with Gasteiger partial charge in [0.15, 0.2) is 5.65 Å². The number of nitrogens with zero attached hydrogens (tertiary/aromatic N) is 3. The lowest BCUT2D eigenvalue weighted by Gasteiger charge is -2.14. The number of carbonyl (C=O) groups is 1. The molecule has 30 heavy (non-hydrogen) atoms. The lowest BCUT2D eigenvalue weighted by atomic mass is 10.1. The number of furan rings is 1. The Balaban J connectivity index is 1.58. The van der Waals surface area contributed by atoms with Gasteiger partial charge >= 0.3 is 0 Å². The van der Waals surface area contributed by atoms with Gasteiger partial charge in [0.2, 0.25) is 0 Å². The van der Waals surface area contributed by atoms with Gasteiger partial charge in [-0.15, -0.1) is 0 Å². The van der Waals surface area contributed by atoms with Gasteiger partial charge < -0.3 is 9.73 Å². The van der Waals surface area contributed by atoms with E-state index in [9.17, 15) is 4.79 Å². The molecule has 0 unspecified atom stereocenters. The number of aromatic nitrogens is 3. The summed E-state index contributed by atoms with van der Waals surface area (Å²) < 4.78 is 7.26. The van der Waals surface area contributed by atoms with Crippen LogP contribution in [0.15, 0.2) is 59.2 Å². The summed E-state index contributed by atoms with van der Waals surface area (Å²) in [6.45, 7) is 6.46. The molecule has 0 bridgehead atoms. The number of hydrogen-bond acceptors (Lipinski definition) is 4. The quantitative estimate of drug-likeness (QED) is 0.496. The van der Waals surface area contributed by atoms with E-state index in [1.807, 2.05) is 61.9 Å². The fourth-order valence-corrected chi connectivity index (χ4v) is 3.71. The van der Waals surface area contributed by atoms with Gasteiger partial charge in [0.05, 0.1) is 29.5 Å². The first-order valence-electron chi connectivity index (χ1n) is 10.2. The van der Waals surface area contributed by atoms with Crippen LogP contribution in [0.1, 0.15) is 46.4 Å². The third-order valence-electron chi connectivity index (χ3n) is 5.21. The minimum absolute atomic E-state index is 0.0193. The lowest BCUT2D eigenvalue weighted by Crippen LogP contribution is -2.33. The van der Waals surface area contributed by atoms with Crippen LogP contribution in [0.25, 0.3) is 11.0 Å². The monoisotopic (exact) mass is 402 g/mol. The van der Waals surface area contributed by atoms with Crippen molar-refractivity contribution < 1.29 is 9.21 Å². The molecule has 3 aromatic heterocycles. The van der Waals surface area contributed by atoms with Gasteiger partial charge in [-0.05, 0) is 51.0 Å². The van der Waals surface area contributed by atoms with Crippen LogP contribution in [-0.2, 0) is 13.0 Å². The van der Waals surface area contributed by atoms with Crippen LogP contribution < -0.4 is 5.32 Å². The largest absolute Gasteiger partial charge is 0.469 e. The normalized spacial score (nSPS) is 12.2. The summed E-state index contributed by atoms with van der Waals surface area (Å²) in [6.07, 6.45) is 3.26. The van der Waals surface area contributed by atoms with Crippen molar-refractivity contribution in [2.75, 3.05) is 0 Å². The van der Waals surface area contributed by atoms with Gasteiger partial charge in [0, 0.05) is 18.2 Å². The molecule has 1 amide bonds. The number of hydrogen-bond donors (Lipinski definition) is 1. The van der Waals surface area contributed by atoms with Crippen molar-refractivity contribution in [3.8, 4) is 0 Å². The second-order valence-electron chi connectivity index (χ2n) is 7.73. The first-order valence-corrected chi connectivity index (χ1v) is 10.2. The van der Waals surface area contributed by atoms with Crippen LogP contribution >= 0.6 is 0 Å². The smallest absolute Gasteiger partial charge is 0.252 e. The molecule has 0 aliphatic heterocycles. The molecule has 1 N–H and O–H groups in total. The van der Waals surface area contributed by atoms with E-state index in [4.69, 9.17) is 9.40 Å². The number of rotatable bonds is 7. The SMILES string of the molecule is Cc1cc(C(=O)N[C@@H](C)CCc2ccco2)c2c(C)nn(Cc3ccccc3)c2n1. The maximum atomic E-state index is 13.1. The predicted octanol–water partition coefficient (Wildman–Crippen LogP) is 4.44. The van der Waals surface area contributed by atoms with Gasteiger partial charge in [-0.3, -0.25) is 4.79 Å². The first-order chi connectivity index (χ1) is 14.5. The number of carbonyl (C=O) groups excluding carboxylic acids is 1. The molecule has 6 heteroatoms. The minimum Gasteiger partial charge on any atom is -0.469 e. The van der Waals surface area contributed by atoms with Crippen molar-refractivity contribution >= 4 is 16.9 Å². The van der Waals surface area contributed by atoms with E-state index >= 15 is 0 Å². The fourth-order valence-electron chi connectivity index (χ4n) is 3.71. The van der Waals surface area contributed by atoms with Crippen LogP contribution in [0.5, 0.6) is 0 Å². The fraction of sp³-hybridized carbons (Fsp3) is 0.292. The Hall–Kier alpha value is -3.41. The molecule has 0 aliphatic rings. The molecule has 154 valence electrons. The Kier molecular flexibility index (Phi) is 5.65. The van der Waals surface area contributed by atoms with Crippen LogP contribution in [0.4, 0.5) is 0 Å². The minimum atomic E-state index is -0.0974. The van der Waals surface area contributed by atoms with Crippen molar-refractivity contribution in [1.29, 1.82) is 0 Å². The summed E-state index contributed by atoms with van der Waals surface area (Å²) in [5.41, 5.74) is 4.11. The van der Waals surface area contributed by atoms with Crippen LogP contribution in [0, 0.1) is 13.8 Å². The molecule has 0 aliphatic carbocycles. The van der Waals surface area contributed by atoms with E-state index in [-0.39, 0.29) is 11.9 Å². The number of amides is 1. The highest BCUT2D eigenvalue weighted by Gasteiger charge is 2.20. The lowest BCUT2D eigenvalue weighted by molar-refractivity contribution is 0.0939. The van der Waals surface area contributed by atoms with Crippen LogP contribution in [-0.4, -0.2) is 26.7 Å². The molecule has 4 rings (SSSR count). The van der Waals surface area contributed by atoms with Gasteiger partial charge in [-0.1, -0.05) is 30.3 Å². The van der Waals surface area contributed by atoms with Crippen molar-refractivity contribution in [3.05, 3.63) is 83.1 Å². The summed E-state index contributed by atoms with van der Waals surface area (Å²) in [5, 5.41) is 8.61. The molecule has 0 saturated heterocycles. The average molecular weight is 402 g/mol. The van der Waals surface area contributed by atoms with Crippen molar-refractivity contribution in [1.82, 2.24) is 20.1 Å². The molecule has 1 aromatic carbocycles. The molecule has 0 spiro atoms. The average Bonchev–Trinajstić information content (AvgIpc) is 3.35. The van der Waals surface area contributed by atoms with Crippen molar-refractivity contribution in [3.63, 3.8) is 0 Å². The van der Waals surface area contributed by atoms with Crippen molar-refractivity contribution in [2.45, 2.75) is 46.2 Å². The number of nitrogens with one attached hydrogen (secondary N) is 1. The van der Waals surface area contributed by atoms with E-state index < -0.39 is 0 Å². The van der Waals surface area contributed by atoms with Gasteiger partial charge in [-0.2, -0.15) is 5.10 Å². The molecular formula is C24H26N4O2. The van der Waals surface area contributed by atoms with E-state index in [0.29, 0.717) is 12.1 Å². The molecule has 0 radical (unpaired) electrons. The van der Waals surface area contributed by atoms with E-state index in [0.717, 1.165) is 46.6 Å². The molecule has 3 heterocycles. The van der Waals surface area contributed by atoms with Gasteiger partial charge in [0.25, 0.3) is 5.91 Å². The van der Waals surface area contributed by atoms with Crippen molar-refractivity contribution in [2.24, 2.45) is 0 Å². The van der Waals surface area contributed by atoms with Gasteiger partial charge in [-0.25, -0.2) is 9.67 Å². The molecular weight excluding hydrogens is 376 g/mol. The van der Waals surface area contributed by atoms with Gasteiger partial charge in [0.1, 0.15) is 5.76 Å². The van der Waals surface area contributed by atoms with E-state index in [1.165, 1.54) is 0 Å². The maximum absolute atomic E-state index is 13.1. The maximum Gasteiger partial charge on any atom is 0.252 e. The molecule has 1 atom stereocenters. The molecule has 0 saturated carbocycles. The van der Waals surface area contributed by atoms with Crippen LogP contribution in [0.3, 0.4) is 0 Å². The predicted molar refractivity (Wildman–Crippen MR) is 117 cm³/mol. The third-order valence-corrected chi connectivity index (χ3v) is 5.21. The molecule has 6 nitrogen and oxygen atoms in total. The Labute approximate surface area is 175 Å². The number of benzene rings is 1. The topological polar surface area (TPSA) is 73.0 Å². The molecule has 0 fully saturated rings. The summed E-state index contributed by atoms with van der Waals surface area (Å²) in [6, 6.07) is 15.8. The zero-order valence-corrected chi connectivity index (χ0v) is 17.6. The Morgan fingerprint density at radius 1 is 1.17 bits per heavy atom. The Morgan fingerprint density at radius 2 is 1.97 bits per heavy atom. The zero-order chi connectivity index (χ0) is 21.1. The van der Waals surface area contributed by atoms with Crippen LogP contribution in [0.2, 0.25) is 0 Å². The summed E-state index contributed by atoms with van der Waals surface area (Å²) in [7, 11) is 0. The highest BCUT2D eigenvalue weighted by Crippen LogP contribution is 2.23. The second-order valence-corrected chi connectivity index (χ2v) is 7.73. The number of pyridine rings is 1. The standard InChI is InChI=1S/C24H26N4O2/c1-16(11-12-20-10-7-13-30-20)26-24(29)21-14-17(2)25-23-22(21)18(3)27-28(23)15-19-8-5-4-6-9-19/h4-10,13-14,16H,11-12,15H2,1-3H3,(H,26,29)/t16-/m0/s1. The Morgan fingerprint density at radius 3 is 2.70 bits per heavy atom. The zero-order valence-electron chi connectivity index (χ0n) is 17.6. The number of aryl methyl sites for hydroxylation is 3. The van der Waals surface area contributed by atoms with E-state index in [1.54, 1.807) is 6.26 Å². The highest BCUT2D eigenvalue weighted by atomic mass is 16.3. The number of fused-ring (bicyclic) bond motifs is 1. The van der Waals surface area contributed by atoms with E-state index in [2.05, 4.69) is 22.5 Å². The summed E-state index contributed by atoms with van der Waals surface area (Å²) >= 11 is 0. The molecule has 4 aromatic rings. The Bertz CT molecular complexity index is 1150. The third kappa shape index (κ3) is 4.27. The first kappa shape index (κ1) is 19.9. The highest BCUT2D eigenvalue weighted by molar-refractivity contribution is 6.06. The second kappa shape index (κ2) is 8.53. The summed E-state index contributed by atoms with van der Waals surface area (Å²) in [4.78, 5) is 17.8. The summed E-state index contributed by atoms with van der Waals surface area (Å²) in [5.74, 6) is 0.830.